The Bertz CT molecular complexity index is 719. The highest BCUT2D eigenvalue weighted by Crippen LogP contribution is 2.51. The van der Waals surface area contributed by atoms with E-state index in [2.05, 4.69) is 10.00 Å². The largest absolute Gasteiger partial charge is 0.441 e. The van der Waals surface area contributed by atoms with Crippen LogP contribution < -0.4 is 0 Å². The van der Waals surface area contributed by atoms with Gasteiger partial charge in [-0.15, -0.1) is 0 Å². The maximum atomic E-state index is 12.0. The van der Waals surface area contributed by atoms with Crippen molar-refractivity contribution in [2.75, 3.05) is 32.8 Å². The number of aliphatic hydroxyl groups excluding tert-OH is 1. The molecule has 3 aliphatic rings. The Kier molecular flexibility index (Phi) is 5.56. The Labute approximate surface area is 169 Å². The topological polar surface area (TPSA) is 132 Å². The fraction of sp³-hybridized carbons (Fsp3) is 0.789. The SMILES string of the molecule is O=C(OCC(O)(O)O)N1CCC2(CC(N3CCC(c4ccnn4CO)CC3)C2)C1. The van der Waals surface area contributed by atoms with Gasteiger partial charge in [0.2, 0.25) is 0 Å². The molecule has 0 bridgehead atoms. The molecule has 0 aromatic carbocycles. The normalized spacial score (nSPS) is 28.7. The van der Waals surface area contributed by atoms with Gasteiger partial charge in [0.1, 0.15) is 6.73 Å². The van der Waals surface area contributed by atoms with Crippen LogP contribution >= 0.6 is 0 Å². The van der Waals surface area contributed by atoms with Gasteiger partial charge in [-0.25, -0.2) is 9.48 Å². The standard InChI is InChI=1S/C19H30N4O6/c24-13-23-16(1-5-20-23)14-2-6-21(7-3-14)15-9-18(10-15)4-8-22(11-18)17(25)29-12-19(26,27)28/h1,5,14-15,24,26-28H,2-4,6-13H2. The van der Waals surface area contributed by atoms with Crippen LogP contribution in [0.4, 0.5) is 4.79 Å². The maximum Gasteiger partial charge on any atom is 0.410 e. The molecule has 10 heteroatoms. The van der Waals surface area contributed by atoms with E-state index in [1.807, 2.05) is 6.07 Å². The van der Waals surface area contributed by atoms with Crippen LogP contribution in [-0.4, -0.2) is 90.9 Å². The van der Waals surface area contributed by atoms with Crippen LogP contribution in [-0.2, 0) is 11.5 Å². The molecule has 0 radical (unpaired) electrons. The molecule has 1 spiro atoms. The van der Waals surface area contributed by atoms with Crippen LogP contribution in [0.5, 0.6) is 0 Å². The van der Waals surface area contributed by atoms with Crippen molar-refractivity contribution < 1.29 is 30.0 Å². The predicted octanol–water partition coefficient (Wildman–Crippen LogP) is -0.366. The second kappa shape index (κ2) is 7.84. The number of ether oxygens (including phenoxy) is 1. The van der Waals surface area contributed by atoms with Gasteiger partial charge in [-0.1, -0.05) is 0 Å². The molecular formula is C19H30N4O6. The molecule has 162 valence electrons. The second-order valence-electron chi connectivity index (χ2n) is 8.77. The molecule has 1 saturated carbocycles. The number of amides is 1. The zero-order valence-electron chi connectivity index (χ0n) is 16.5. The first-order chi connectivity index (χ1) is 13.8. The lowest BCUT2D eigenvalue weighted by Crippen LogP contribution is -2.54. The minimum absolute atomic E-state index is 0.0808. The number of nitrogens with zero attached hydrogens (tertiary/aromatic N) is 4. The third kappa shape index (κ3) is 4.41. The van der Waals surface area contributed by atoms with E-state index in [4.69, 9.17) is 20.1 Å². The van der Waals surface area contributed by atoms with Gasteiger partial charge in [0, 0.05) is 36.9 Å². The van der Waals surface area contributed by atoms with E-state index in [1.54, 1.807) is 15.8 Å². The van der Waals surface area contributed by atoms with Gasteiger partial charge in [0.15, 0.2) is 6.61 Å². The third-order valence-corrected chi connectivity index (χ3v) is 6.77. The van der Waals surface area contributed by atoms with Gasteiger partial charge in [-0.3, -0.25) is 0 Å². The molecule has 1 aliphatic carbocycles. The van der Waals surface area contributed by atoms with Gasteiger partial charge < -0.3 is 35.0 Å². The number of piperidine rings is 1. The van der Waals surface area contributed by atoms with Crippen molar-refractivity contribution in [3.8, 4) is 0 Å². The Morgan fingerprint density at radius 3 is 2.62 bits per heavy atom. The van der Waals surface area contributed by atoms with Crippen molar-refractivity contribution in [3.05, 3.63) is 18.0 Å². The number of aromatic nitrogens is 2. The van der Waals surface area contributed by atoms with E-state index in [1.165, 1.54) is 0 Å². The van der Waals surface area contributed by atoms with Gasteiger partial charge in [-0.05, 0) is 56.7 Å². The molecule has 4 N–H and O–H groups in total. The number of hydrogen-bond donors (Lipinski definition) is 4. The monoisotopic (exact) mass is 410 g/mol. The van der Waals surface area contributed by atoms with E-state index in [0.29, 0.717) is 25.0 Å². The number of aliphatic hydroxyl groups is 4. The Balaban J connectivity index is 1.22. The molecule has 2 saturated heterocycles. The van der Waals surface area contributed by atoms with Crippen LogP contribution in [0.25, 0.3) is 0 Å². The Hall–Kier alpha value is -1.72. The first-order valence-electron chi connectivity index (χ1n) is 10.2. The van der Waals surface area contributed by atoms with Gasteiger partial charge in [0.05, 0.1) is 0 Å². The van der Waals surface area contributed by atoms with Crippen LogP contribution in [0.15, 0.2) is 12.3 Å². The molecular weight excluding hydrogens is 380 g/mol. The average molecular weight is 410 g/mol. The van der Waals surface area contributed by atoms with Crippen molar-refractivity contribution in [3.63, 3.8) is 0 Å². The summed E-state index contributed by atoms with van der Waals surface area (Å²) in [6.45, 7) is 2.32. The highest BCUT2D eigenvalue weighted by Gasteiger charge is 2.51. The summed E-state index contributed by atoms with van der Waals surface area (Å²) in [5, 5.41) is 40.1. The van der Waals surface area contributed by atoms with Crippen molar-refractivity contribution in [1.82, 2.24) is 19.6 Å². The summed E-state index contributed by atoms with van der Waals surface area (Å²) in [6.07, 6.45) is 6.27. The number of likely N-dealkylation sites (tertiary alicyclic amines) is 2. The Morgan fingerprint density at radius 1 is 1.24 bits per heavy atom. The lowest BCUT2D eigenvalue weighted by Gasteiger charge is -2.51. The van der Waals surface area contributed by atoms with Crippen LogP contribution in [0.3, 0.4) is 0 Å². The second-order valence-corrected chi connectivity index (χ2v) is 8.77. The minimum atomic E-state index is -2.99. The molecule has 3 heterocycles. The molecule has 1 aromatic heterocycles. The van der Waals surface area contributed by atoms with E-state index >= 15 is 0 Å². The molecule has 1 amide bonds. The minimum Gasteiger partial charge on any atom is -0.441 e. The number of rotatable bonds is 5. The lowest BCUT2D eigenvalue weighted by atomic mass is 9.64. The summed E-state index contributed by atoms with van der Waals surface area (Å²) < 4.78 is 6.43. The highest BCUT2D eigenvalue weighted by atomic mass is 16.7. The molecule has 0 unspecified atom stereocenters. The summed E-state index contributed by atoms with van der Waals surface area (Å²) in [7, 11) is 0. The summed E-state index contributed by atoms with van der Waals surface area (Å²) in [5.74, 6) is -2.56. The Morgan fingerprint density at radius 2 is 1.97 bits per heavy atom. The molecule has 3 fully saturated rings. The maximum absolute atomic E-state index is 12.0. The third-order valence-electron chi connectivity index (χ3n) is 6.77. The smallest absolute Gasteiger partial charge is 0.410 e. The van der Waals surface area contributed by atoms with Crippen molar-refractivity contribution in [2.24, 2.45) is 5.41 Å². The summed E-state index contributed by atoms with van der Waals surface area (Å²) >= 11 is 0. The van der Waals surface area contributed by atoms with E-state index in [0.717, 1.165) is 50.9 Å². The molecule has 10 nitrogen and oxygen atoms in total. The first kappa shape index (κ1) is 20.5. The highest BCUT2D eigenvalue weighted by molar-refractivity contribution is 5.68. The average Bonchev–Trinajstić information content (AvgIpc) is 3.31. The van der Waals surface area contributed by atoms with Crippen molar-refractivity contribution >= 4 is 6.09 Å². The number of carbonyl (C=O) groups excluding carboxylic acids is 1. The summed E-state index contributed by atoms with van der Waals surface area (Å²) in [4.78, 5) is 16.2. The van der Waals surface area contributed by atoms with E-state index in [-0.39, 0.29) is 12.1 Å². The van der Waals surface area contributed by atoms with Gasteiger partial charge in [0.25, 0.3) is 0 Å². The quantitative estimate of drug-likeness (QED) is 0.484. The molecule has 4 rings (SSSR count). The lowest BCUT2D eigenvalue weighted by molar-refractivity contribution is -0.325. The zero-order chi connectivity index (χ0) is 20.6. The predicted molar refractivity (Wildman–Crippen MR) is 100 cm³/mol. The first-order valence-corrected chi connectivity index (χ1v) is 10.2. The summed E-state index contributed by atoms with van der Waals surface area (Å²) in [6, 6.07) is 2.53. The number of carbonyl (C=O) groups is 1. The fourth-order valence-corrected chi connectivity index (χ4v) is 5.24. The fourth-order valence-electron chi connectivity index (χ4n) is 5.24. The van der Waals surface area contributed by atoms with Gasteiger partial charge in [-0.2, -0.15) is 5.10 Å². The van der Waals surface area contributed by atoms with E-state index < -0.39 is 18.7 Å². The van der Waals surface area contributed by atoms with Crippen LogP contribution in [0, 0.1) is 5.41 Å². The van der Waals surface area contributed by atoms with E-state index in [9.17, 15) is 9.90 Å². The zero-order valence-corrected chi connectivity index (χ0v) is 16.5. The molecule has 1 aromatic rings. The van der Waals surface area contributed by atoms with Crippen molar-refractivity contribution in [1.29, 1.82) is 0 Å². The number of hydrogen-bond acceptors (Lipinski definition) is 8. The van der Waals surface area contributed by atoms with Gasteiger partial charge >= 0.3 is 12.1 Å². The van der Waals surface area contributed by atoms with Crippen LogP contribution in [0.2, 0.25) is 0 Å². The van der Waals surface area contributed by atoms with Crippen molar-refractivity contribution in [2.45, 2.75) is 56.8 Å². The molecule has 2 aliphatic heterocycles. The summed E-state index contributed by atoms with van der Waals surface area (Å²) in [5.41, 5.74) is 1.24. The molecule has 0 atom stereocenters. The van der Waals surface area contributed by atoms with Crippen LogP contribution in [0.1, 0.15) is 43.7 Å². The molecule has 29 heavy (non-hydrogen) atoms.